The molecule has 170 valence electrons. The molecule has 2 heterocycles. The summed E-state index contributed by atoms with van der Waals surface area (Å²) in [5.74, 6) is -0.0686. The SMILES string of the molecule is Cc1ccc(C(=O)NC2CC2)cc1-c1ccc2c(cnn2S(=O)(=O)c2c(C)nn(C)c2C)c1. The van der Waals surface area contributed by atoms with Crippen molar-refractivity contribution in [2.24, 2.45) is 7.05 Å². The lowest BCUT2D eigenvalue weighted by atomic mass is 9.97. The molecule has 1 fully saturated rings. The second-order valence-electron chi connectivity index (χ2n) is 8.67. The number of hydrogen-bond acceptors (Lipinski definition) is 5. The van der Waals surface area contributed by atoms with Gasteiger partial charge in [0, 0.05) is 24.0 Å². The number of amides is 1. The van der Waals surface area contributed by atoms with E-state index in [1.165, 1.54) is 0 Å². The average molecular weight is 464 g/mol. The van der Waals surface area contributed by atoms with Gasteiger partial charge in [0.25, 0.3) is 15.9 Å². The molecular formula is C24H25N5O3S. The van der Waals surface area contributed by atoms with Gasteiger partial charge in [-0.15, -0.1) is 0 Å². The smallest absolute Gasteiger partial charge is 0.287 e. The molecule has 2 aromatic carbocycles. The van der Waals surface area contributed by atoms with E-state index in [1.807, 2.05) is 37.3 Å². The van der Waals surface area contributed by atoms with E-state index in [2.05, 4.69) is 15.5 Å². The molecule has 0 atom stereocenters. The van der Waals surface area contributed by atoms with Gasteiger partial charge in [-0.2, -0.15) is 22.7 Å². The third kappa shape index (κ3) is 3.62. The first-order valence-corrected chi connectivity index (χ1v) is 12.3. The molecule has 5 rings (SSSR count). The third-order valence-corrected chi connectivity index (χ3v) is 8.04. The zero-order valence-corrected chi connectivity index (χ0v) is 19.8. The van der Waals surface area contributed by atoms with Gasteiger partial charge in [0.2, 0.25) is 0 Å². The summed E-state index contributed by atoms with van der Waals surface area (Å²) >= 11 is 0. The lowest BCUT2D eigenvalue weighted by Gasteiger charge is -2.11. The second-order valence-corrected chi connectivity index (χ2v) is 10.4. The highest BCUT2D eigenvalue weighted by atomic mass is 32.2. The van der Waals surface area contributed by atoms with E-state index in [1.54, 1.807) is 37.8 Å². The van der Waals surface area contributed by atoms with Crippen molar-refractivity contribution in [3.05, 3.63) is 65.1 Å². The maximum atomic E-state index is 13.4. The molecule has 0 radical (unpaired) electrons. The standard InChI is InChI=1S/C24H25N5O3S/c1-14-5-6-18(24(30)26-20-8-9-20)12-21(14)17-7-10-22-19(11-17)13-25-29(22)33(31,32)23-15(2)27-28(4)16(23)3/h5-7,10-13,20H,8-9H2,1-4H3,(H,26,30). The molecule has 1 aliphatic rings. The fourth-order valence-corrected chi connectivity index (χ4v) is 5.84. The van der Waals surface area contributed by atoms with Crippen LogP contribution in [0, 0.1) is 20.8 Å². The Hall–Kier alpha value is -3.46. The number of aromatic nitrogens is 4. The molecule has 0 spiro atoms. The summed E-state index contributed by atoms with van der Waals surface area (Å²) in [7, 11) is -2.18. The Kier molecular flexibility index (Phi) is 4.89. The van der Waals surface area contributed by atoms with Crippen LogP contribution in [0.2, 0.25) is 0 Å². The monoisotopic (exact) mass is 463 g/mol. The Morgan fingerprint density at radius 2 is 1.85 bits per heavy atom. The number of rotatable bonds is 5. The molecule has 0 saturated heterocycles. The van der Waals surface area contributed by atoms with Gasteiger partial charge in [0.1, 0.15) is 4.90 Å². The van der Waals surface area contributed by atoms with Gasteiger partial charge >= 0.3 is 0 Å². The molecule has 8 nitrogen and oxygen atoms in total. The molecule has 33 heavy (non-hydrogen) atoms. The Morgan fingerprint density at radius 1 is 1.09 bits per heavy atom. The molecule has 0 bridgehead atoms. The Morgan fingerprint density at radius 3 is 2.52 bits per heavy atom. The zero-order chi connectivity index (χ0) is 23.5. The molecule has 0 unspecified atom stereocenters. The van der Waals surface area contributed by atoms with Gasteiger partial charge in [-0.1, -0.05) is 12.1 Å². The summed E-state index contributed by atoms with van der Waals surface area (Å²) in [5, 5.41) is 12.2. The van der Waals surface area contributed by atoms with Gasteiger partial charge in [0.15, 0.2) is 0 Å². The second kappa shape index (κ2) is 7.55. The van der Waals surface area contributed by atoms with Crippen molar-refractivity contribution in [2.75, 3.05) is 0 Å². The highest BCUT2D eigenvalue weighted by Crippen LogP contribution is 2.30. The summed E-state index contributed by atoms with van der Waals surface area (Å²) in [4.78, 5) is 12.7. The van der Waals surface area contributed by atoms with Crippen LogP contribution in [0.25, 0.3) is 22.0 Å². The van der Waals surface area contributed by atoms with Crippen LogP contribution in [-0.4, -0.2) is 39.3 Å². The van der Waals surface area contributed by atoms with Crippen molar-refractivity contribution in [2.45, 2.75) is 44.6 Å². The van der Waals surface area contributed by atoms with Gasteiger partial charge in [-0.3, -0.25) is 9.48 Å². The van der Waals surface area contributed by atoms with E-state index < -0.39 is 10.0 Å². The van der Waals surface area contributed by atoms with Crippen molar-refractivity contribution in [1.82, 2.24) is 24.3 Å². The van der Waals surface area contributed by atoms with Gasteiger partial charge in [-0.05, 0) is 74.6 Å². The van der Waals surface area contributed by atoms with E-state index >= 15 is 0 Å². The Balaban J connectivity index is 1.56. The summed E-state index contributed by atoms with van der Waals surface area (Å²) in [6, 6.07) is 11.5. The van der Waals surface area contributed by atoms with E-state index in [-0.39, 0.29) is 10.8 Å². The van der Waals surface area contributed by atoms with Crippen molar-refractivity contribution >= 4 is 26.8 Å². The first-order valence-electron chi connectivity index (χ1n) is 10.8. The molecular weight excluding hydrogens is 438 g/mol. The molecule has 4 aromatic rings. The quantitative estimate of drug-likeness (QED) is 0.488. The van der Waals surface area contributed by atoms with Crippen molar-refractivity contribution in [1.29, 1.82) is 0 Å². The van der Waals surface area contributed by atoms with Crippen molar-refractivity contribution in [3.8, 4) is 11.1 Å². The fourth-order valence-electron chi connectivity index (χ4n) is 4.15. The number of fused-ring (bicyclic) bond motifs is 1. The number of carbonyl (C=O) groups excluding carboxylic acids is 1. The van der Waals surface area contributed by atoms with Crippen LogP contribution >= 0.6 is 0 Å². The minimum absolute atomic E-state index is 0.0686. The number of benzene rings is 2. The van der Waals surface area contributed by atoms with Gasteiger partial charge in [0.05, 0.1) is 23.1 Å². The lowest BCUT2D eigenvalue weighted by molar-refractivity contribution is 0.0951. The lowest BCUT2D eigenvalue weighted by Crippen LogP contribution is -2.25. The number of nitrogens with one attached hydrogen (secondary N) is 1. The maximum absolute atomic E-state index is 13.4. The Bertz CT molecular complexity index is 1530. The van der Waals surface area contributed by atoms with E-state index in [0.29, 0.717) is 33.9 Å². The largest absolute Gasteiger partial charge is 0.349 e. The number of carbonyl (C=O) groups is 1. The normalized spacial score (nSPS) is 14.1. The maximum Gasteiger partial charge on any atom is 0.287 e. The molecule has 2 aromatic heterocycles. The van der Waals surface area contributed by atoms with Crippen LogP contribution in [0.1, 0.15) is 40.2 Å². The van der Waals surface area contributed by atoms with Gasteiger partial charge in [-0.25, -0.2) is 0 Å². The van der Waals surface area contributed by atoms with Crippen LogP contribution in [0.3, 0.4) is 0 Å². The number of nitrogens with zero attached hydrogens (tertiary/aromatic N) is 4. The minimum Gasteiger partial charge on any atom is -0.349 e. The van der Waals surface area contributed by atoms with E-state index in [4.69, 9.17) is 0 Å². The zero-order valence-electron chi connectivity index (χ0n) is 19.0. The molecule has 1 saturated carbocycles. The summed E-state index contributed by atoms with van der Waals surface area (Å²) in [6.07, 6.45) is 3.62. The molecule has 1 amide bonds. The highest BCUT2D eigenvalue weighted by Gasteiger charge is 2.28. The molecule has 0 aliphatic heterocycles. The molecule has 1 N–H and O–H groups in total. The molecule has 1 aliphatic carbocycles. The van der Waals surface area contributed by atoms with Gasteiger partial charge < -0.3 is 5.32 Å². The van der Waals surface area contributed by atoms with Crippen LogP contribution in [-0.2, 0) is 17.1 Å². The van der Waals surface area contributed by atoms with Crippen LogP contribution in [0.5, 0.6) is 0 Å². The van der Waals surface area contributed by atoms with Crippen molar-refractivity contribution in [3.63, 3.8) is 0 Å². The predicted molar refractivity (Wildman–Crippen MR) is 126 cm³/mol. The van der Waals surface area contributed by atoms with Crippen LogP contribution < -0.4 is 5.32 Å². The summed E-state index contributed by atoms with van der Waals surface area (Å²) in [6.45, 7) is 5.40. The van der Waals surface area contributed by atoms with Crippen LogP contribution in [0.15, 0.2) is 47.5 Å². The topological polar surface area (TPSA) is 98.9 Å². The minimum atomic E-state index is -3.90. The van der Waals surface area contributed by atoms with Crippen LogP contribution in [0.4, 0.5) is 0 Å². The summed E-state index contributed by atoms with van der Waals surface area (Å²) < 4.78 is 29.4. The van der Waals surface area contributed by atoms with E-state index in [0.717, 1.165) is 33.6 Å². The Labute approximate surface area is 192 Å². The fraction of sp³-hybridized carbons (Fsp3) is 0.292. The number of aryl methyl sites for hydroxylation is 3. The highest BCUT2D eigenvalue weighted by molar-refractivity contribution is 7.90. The summed E-state index contributed by atoms with van der Waals surface area (Å²) in [5.41, 5.74) is 4.95. The predicted octanol–water partition coefficient (Wildman–Crippen LogP) is 3.49. The molecule has 9 heteroatoms. The van der Waals surface area contributed by atoms with E-state index in [9.17, 15) is 13.2 Å². The first kappa shape index (κ1) is 21.4. The first-order chi connectivity index (χ1) is 15.7. The average Bonchev–Trinajstić information content (AvgIpc) is 3.40. The van der Waals surface area contributed by atoms with Crippen molar-refractivity contribution < 1.29 is 13.2 Å². The number of hydrogen-bond donors (Lipinski definition) is 1. The third-order valence-electron chi connectivity index (χ3n) is 6.19.